The van der Waals surface area contributed by atoms with Crippen LogP contribution in [0.25, 0.3) is 0 Å². The van der Waals surface area contributed by atoms with Gasteiger partial charge in [-0.1, -0.05) is 6.92 Å². The average molecular weight is 304 g/mol. The molecule has 3 nitrogen and oxygen atoms in total. The van der Waals surface area contributed by atoms with Gasteiger partial charge in [-0.25, -0.2) is 4.39 Å². The van der Waals surface area contributed by atoms with Crippen LogP contribution < -0.4 is 15.2 Å². The van der Waals surface area contributed by atoms with E-state index >= 15 is 0 Å². The van der Waals surface area contributed by atoms with Crippen LogP contribution in [0.15, 0.2) is 10.5 Å². The Morgan fingerprint density at radius 2 is 2.18 bits per heavy atom. The van der Waals surface area contributed by atoms with Gasteiger partial charge in [-0.15, -0.1) is 0 Å². The summed E-state index contributed by atoms with van der Waals surface area (Å²) in [5, 5.41) is 0. The van der Waals surface area contributed by atoms with E-state index in [9.17, 15) is 4.39 Å². The Labute approximate surface area is 108 Å². The molecule has 1 aromatic carbocycles. The molecule has 5 heteroatoms. The minimum absolute atomic E-state index is 0.0465. The summed E-state index contributed by atoms with van der Waals surface area (Å²) in [5.74, 6) is 0.827. The summed E-state index contributed by atoms with van der Waals surface area (Å²) in [6.45, 7) is 3.42. The number of ether oxygens (including phenoxy) is 2. The second-order valence-electron chi connectivity index (χ2n) is 4.09. The van der Waals surface area contributed by atoms with Crippen LogP contribution in [0.1, 0.15) is 24.8 Å². The zero-order chi connectivity index (χ0) is 12.4. The van der Waals surface area contributed by atoms with E-state index in [2.05, 4.69) is 15.9 Å². The first-order valence-electron chi connectivity index (χ1n) is 5.62. The van der Waals surface area contributed by atoms with Crippen LogP contribution in [0.3, 0.4) is 0 Å². The molecule has 1 aliphatic heterocycles. The Hall–Kier alpha value is -0.810. The second-order valence-corrected chi connectivity index (χ2v) is 4.88. The van der Waals surface area contributed by atoms with Crippen molar-refractivity contribution in [1.29, 1.82) is 0 Å². The first kappa shape index (κ1) is 12.6. The largest absolute Gasteiger partial charge is 0.486 e. The molecule has 0 aromatic heterocycles. The van der Waals surface area contributed by atoms with Crippen molar-refractivity contribution in [2.24, 2.45) is 5.73 Å². The Balaban J connectivity index is 2.45. The maximum Gasteiger partial charge on any atom is 0.176 e. The zero-order valence-electron chi connectivity index (χ0n) is 9.63. The van der Waals surface area contributed by atoms with Gasteiger partial charge in [-0.05, 0) is 34.8 Å². The molecule has 0 saturated carbocycles. The number of fused-ring (bicyclic) bond motifs is 1. The molecular weight excluding hydrogens is 289 g/mol. The highest BCUT2D eigenvalue weighted by atomic mass is 79.9. The SMILES string of the molecule is CC(CCN)c1c(F)cc2c(c1Br)OCCO2. The summed E-state index contributed by atoms with van der Waals surface area (Å²) in [6, 6.07) is 1.39. The lowest BCUT2D eigenvalue weighted by Crippen LogP contribution is -2.17. The van der Waals surface area contributed by atoms with Crippen LogP contribution in [0.2, 0.25) is 0 Å². The predicted molar refractivity (Wildman–Crippen MR) is 67.2 cm³/mol. The minimum atomic E-state index is -0.276. The van der Waals surface area contributed by atoms with Crippen LogP contribution in [0, 0.1) is 5.82 Å². The summed E-state index contributed by atoms with van der Waals surface area (Å²) in [7, 11) is 0. The van der Waals surface area contributed by atoms with Crippen molar-refractivity contribution in [2.75, 3.05) is 19.8 Å². The van der Waals surface area contributed by atoms with Crippen LogP contribution in [-0.4, -0.2) is 19.8 Å². The molecule has 0 spiro atoms. The summed E-state index contributed by atoms with van der Waals surface area (Å²) < 4.78 is 25.5. The van der Waals surface area contributed by atoms with Crippen molar-refractivity contribution in [3.05, 3.63) is 21.9 Å². The Bertz CT molecular complexity index is 425. The highest BCUT2D eigenvalue weighted by Gasteiger charge is 2.24. The van der Waals surface area contributed by atoms with Gasteiger partial charge in [0.15, 0.2) is 11.5 Å². The number of nitrogens with two attached hydrogens (primary N) is 1. The first-order valence-corrected chi connectivity index (χ1v) is 6.42. The fourth-order valence-corrected chi connectivity index (χ4v) is 2.87. The van der Waals surface area contributed by atoms with Gasteiger partial charge >= 0.3 is 0 Å². The average Bonchev–Trinajstić information content (AvgIpc) is 2.29. The van der Waals surface area contributed by atoms with Crippen molar-refractivity contribution in [3.63, 3.8) is 0 Å². The lowest BCUT2D eigenvalue weighted by Gasteiger charge is -2.23. The van der Waals surface area contributed by atoms with Crippen LogP contribution in [0.4, 0.5) is 4.39 Å². The molecule has 0 aliphatic carbocycles. The van der Waals surface area contributed by atoms with E-state index < -0.39 is 0 Å². The van der Waals surface area contributed by atoms with Crippen molar-refractivity contribution < 1.29 is 13.9 Å². The summed E-state index contributed by atoms with van der Waals surface area (Å²) in [5.41, 5.74) is 6.12. The number of hydrogen-bond donors (Lipinski definition) is 1. The predicted octanol–water partition coefficient (Wildman–Crippen LogP) is 2.81. The molecule has 1 aliphatic rings. The molecular formula is C12H15BrFNO2. The molecule has 1 heterocycles. The topological polar surface area (TPSA) is 44.5 Å². The standard InChI is InChI=1S/C12H15BrFNO2/c1-7(2-3-15)10-8(14)6-9-12(11(10)13)17-5-4-16-9/h6-7H,2-5,15H2,1H3. The van der Waals surface area contributed by atoms with E-state index in [0.29, 0.717) is 41.3 Å². The molecule has 1 aromatic rings. The molecule has 94 valence electrons. The number of benzene rings is 1. The quantitative estimate of drug-likeness (QED) is 0.934. The van der Waals surface area contributed by atoms with Crippen LogP contribution >= 0.6 is 15.9 Å². The first-order chi connectivity index (χ1) is 8.15. The van der Waals surface area contributed by atoms with E-state index in [1.54, 1.807) is 0 Å². The van der Waals surface area contributed by atoms with Gasteiger partial charge in [0, 0.05) is 11.6 Å². The molecule has 0 fully saturated rings. The van der Waals surface area contributed by atoms with Gasteiger partial charge in [0.05, 0.1) is 4.47 Å². The molecule has 0 radical (unpaired) electrons. The zero-order valence-corrected chi connectivity index (χ0v) is 11.2. The molecule has 1 unspecified atom stereocenters. The lowest BCUT2D eigenvalue weighted by molar-refractivity contribution is 0.169. The normalized spacial score (nSPS) is 15.8. The van der Waals surface area contributed by atoms with Gasteiger partial charge < -0.3 is 15.2 Å². The van der Waals surface area contributed by atoms with Crippen molar-refractivity contribution in [1.82, 2.24) is 0 Å². The number of hydrogen-bond acceptors (Lipinski definition) is 3. The molecule has 0 amide bonds. The van der Waals surface area contributed by atoms with E-state index in [4.69, 9.17) is 15.2 Å². The maximum atomic E-state index is 14.0. The monoisotopic (exact) mass is 303 g/mol. The lowest BCUT2D eigenvalue weighted by atomic mass is 9.96. The molecule has 2 N–H and O–H groups in total. The fraction of sp³-hybridized carbons (Fsp3) is 0.500. The third-order valence-corrected chi connectivity index (χ3v) is 3.64. The van der Waals surface area contributed by atoms with Gasteiger partial charge in [-0.2, -0.15) is 0 Å². The Kier molecular flexibility index (Phi) is 3.89. The molecule has 0 bridgehead atoms. The van der Waals surface area contributed by atoms with E-state index in [1.807, 2.05) is 6.92 Å². The highest BCUT2D eigenvalue weighted by molar-refractivity contribution is 9.10. The Morgan fingerprint density at radius 3 is 2.88 bits per heavy atom. The van der Waals surface area contributed by atoms with Gasteiger partial charge in [-0.3, -0.25) is 0 Å². The van der Waals surface area contributed by atoms with E-state index in [0.717, 1.165) is 6.42 Å². The van der Waals surface area contributed by atoms with Gasteiger partial charge in [0.25, 0.3) is 0 Å². The van der Waals surface area contributed by atoms with Crippen molar-refractivity contribution in [3.8, 4) is 11.5 Å². The molecule has 0 saturated heterocycles. The van der Waals surface area contributed by atoms with Gasteiger partial charge in [0.1, 0.15) is 19.0 Å². The summed E-state index contributed by atoms with van der Waals surface area (Å²) in [6.07, 6.45) is 0.731. The second kappa shape index (κ2) is 5.23. The Morgan fingerprint density at radius 1 is 1.47 bits per heavy atom. The summed E-state index contributed by atoms with van der Waals surface area (Å²) >= 11 is 3.40. The number of halogens is 2. The minimum Gasteiger partial charge on any atom is -0.486 e. The summed E-state index contributed by atoms with van der Waals surface area (Å²) in [4.78, 5) is 0. The molecule has 17 heavy (non-hydrogen) atoms. The smallest absolute Gasteiger partial charge is 0.176 e. The van der Waals surface area contributed by atoms with Crippen LogP contribution in [-0.2, 0) is 0 Å². The molecule has 2 rings (SSSR count). The maximum absolute atomic E-state index is 14.0. The van der Waals surface area contributed by atoms with Gasteiger partial charge in [0.2, 0.25) is 0 Å². The third-order valence-electron chi connectivity index (χ3n) is 2.85. The van der Waals surface area contributed by atoms with Crippen LogP contribution in [0.5, 0.6) is 11.5 Å². The number of rotatable bonds is 3. The van der Waals surface area contributed by atoms with E-state index in [1.165, 1.54) is 6.07 Å². The van der Waals surface area contributed by atoms with E-state index in [-0.39, 0.29) is 11.7 Å². The fourth-order valence-electron chi connectivity index (χ4n) is 1.98. The van der Waals surface area contributed by atoms with Crippen molar-refractivity contribution in [2.45, 2.75) is 19.3 Å². The highest BCUT2D eigenvalue weighted by Crippen LogP contribution is 2.44. The molecule has 1 atom stereocenters. The third kappa shape index (κ3) is 2.40. The van der Waals surface area contributed by atoms with Crippen molar-refractivity contribution >= 4 is 15.9 Å².